The number of fused-ring (bicyclic) bond motifs is 1. The lowest BCUT2D eigenvalue weighted by molar-refractivity contribution is 0.000837. The number of nitrogens with one attached hydrogen (secondary N) is 1. The van der Waals surface area contributed by atoms with Gasteiger partial charge in [0.2, 0.25) is 10.0 Å². The molecule has 0 saturated carbocycles. The number of amides is 2. The maximum absolute atomic E-state index is 12.5. The van der Waals surface area contributed by atoms with Crippen LogP contribution in [0.15, 0.2) is 18.2 Å². The summed E-state index contributed by atoms with van der Waals surface area (Å²) >= 11 is 0. The number of morpholine rings is 1. The fourth-order valence-electron chi connectivity index (χ4n) is 3.26. The third kappa shape index (κ3) is 4.46. The monoisotopic (exact) mass is 383 g/mol. The molecule has 0 spiro atoms. The van der Waals surface area contributed by atoms with Crippen molar-refractivity contribution in [3.63, 3.8) is 0 Å². The molecule has 144 valence electrons. The highest BCUT2D eigenvalue weighted by Gasteiger charge is 2.27. The van der Waals surface area contributed by atoms with E-state index in [2.05, 4.69) is 5.32 Å². The second kappa shape index (κ2) is 7.81. The lowest BCUT2D eigenvalue weighted by atomic mass is 10.00. The van der Waals surface area contributed by atoms with Crippen LogP contribution in [0.25, 0.3) is 0 Å². The lowest BCUT2D eigenvalue weighted by Gasteiger charge is -2.33. The van der Waals surface area contributed by atoms with Crippen molar-refractivity contribution in [2.45, 2.75) is 19.1 Å². The number of hydrogen-bond donors (Lipinski definition) is 1. The SMILES string of the molecule is COc1ccc2c(c1)CCN(C(=O)NC[C@@H]1CN(S(C)(=O)=O)CCO1)C2. The van der Waals surface area contributed by atoms with Crippen LogP contribution in [0.1, 0.15) is 11.1 Å². The summed E-state index contributed by atoms with van der Waals surface area (Å²) in [5, 5.41) is 2.86. The zero-order valence-corrected chi connectivity index (χ0v) is 15.9. The van der Waals surface area contributed by atoms with E-state index in [1.807, 2.05) is 18.2 Å². The maximum atomic E-state index is 12.5. The van der Waals surface area contributed by atoms with E-state index < -0.39 is 10.0 Å². The first-order valence-electron chi connectivity index (χ1n) is 8.62. The Morgan fingerprint density at radius 2 is 2.15 bits per heavy atom. The second-order valence-corrected chi connectivity index (χ2v) is 8.59. The minimum absolute atomic E-state index is 0.161. The standard InChI is InChI=1S/C17H25N3O5S/c1-24-15-4-3-14-11-19(6-5-13(14)9-15)17(21)18-10-16-12-20(7-8-25-16)26(2,22)23/h3-4,9,16H,5-8,10-12H2,1-2H3,(H,18,21)/t16-/m1/s1. The third-order valence-corrected chi connectivity index (χ3v) is 6.03. The average molecular weight is 383 g/mol. The van der Waals surface area contributed by atoms with E-state index in [1.165, 1.54) is 16.1 Å². The van der Waals surface area contributed by atoms with Crippen molar-refractivity contribution in [2.75, 3.05) is 46.2 Å². The summed E-state index contributed by atoms with van der Waals surface area (Å²) in [6.45, 7) is 2.43. The number of carbonyl (C=O) groups excluding carboxylic acids is 1. The van der Waals surface area contributed by atoms with Gasteiger partial charge in [-0.05, 0) is 29.7 Å². The molecule has 1 aromatic rings. The Labute approximate surface area is 154 Å². The van der Waals surface area contributed by atoms with Gasteiger partial charge >= 0.3 is 6.03 Å². The number of hydrogen-bond acceptors (Lipinski definition) is 5. The van der Waals surface area contributed by atoms with Crippen molar-refractivity contribution < 1.29 is 22.7 Å². The molecule has 0 aromatic heterocycles. The predicted octanol–water partition coefficient (Wildman–Crippen LogP) is 0.423. The van der Waals surface area contributed by atoms with E-state index in [0.717, 1.165) is 17.7 Å². The summed E-state index contributed by atoms with van der Waals surface area (Å²) in [6, 6.07) is 5.74. The third-order valence-electron chi connectivity index (χ3n) is 4.76. The number of urea groups is 1. The molecule has 0 aliphatic carbocycles. The molecule has 8 nitrogen and oxygen atoms in total. The van der Waals surface area contributed by atoms with Crippen LogP contribution in [0, 0.1) is 0 Å². The molecule has 1 N–H and O–H groups in total. The fourth-order valence-corrected chi connectivity index (χ4v) is 4.10. The van der Waals surface area contributed by atoms with Gasteiger partial charge in [-0.3, -0.25) is 0 Å². The minimum Gasteiger partial charge on any atom is -0.497 e. The van der Waals surface area contributed by atoms with Crippen molar-refractivity contribution in [3.8, 4) is 5.75 Å². The number of carbonyl (C=O) groups is 1. The van der Waals surface area contributed by atoms with Crippen LogP contribution in [-0.2, 0) is 27.7 Å². The molecule has 2 heterocycles. The molecule has 0 radical (unpaired) electrons. The number of rotatable bonds is 4. The van der Waals surface area contributed by atoms with Gasteiger partial charge in [0.15, 0.2) is 0 Å². The number of benzene rings is 1. The largest absolute Gasteiger partial charge is 0.497 e. The van der Waals surface area contributed by atoms with Gasteiger partial charge in [0, 0.05) is 32.7 Å². The summed E-state index contributed by atoms with van der Waals surface area (Å²) in [6.07, 6.45) is 1.64. The van der Waals surface area contributed by atoms with E-state index in [9.17, 15) is 13.2 Å². The van der Waals surface area contributed by atoms with E-state index in [4.69, 9.17) is 9.47 Å². The van der Waals surface area contributed by atoms with Gasteiger partial charge in [0.1, 0.15) is 5.75 Å². The molecule has 2 amide bonds. The molecular weight excluding hydrogens is 358 g/mol. The van der Waals surface area contributed by atoms with Crippen LogP contribution in [0.2, 0.25) is 0 Å². The Hall–Kier alpha value is -1.84. The van der Waals surface area contributed by atoms with Crippen LogP contribution in [-0.4, -0.2) is 75.9 Å². The molecule has 0 unspecified atom stereocenters. The zero-order valence-electron chi connectivity index (χ0n) is 15.1. The Balaban J connectivity index is 1.52. The first-order valence-corrected chi connectivity index (χ1v) is 10.5. The Bertz CT molecular complexity index is 768. The molecule has 1 saturated heterocycles. The van der Waals surface area contributed by atoms with Crippen molar-refractivity contribution in [1.82, 2.24) is 14.5 Å². The van der Waals surface area contributed by atoms with E-state index in [1.54, 1.807) is 12.0 Å². The highest BCUT2D eigenvalue weighted by atomic mass is 32.2. The summed E-state index contributed by atoms with van der Waals surface area (Å²) in [5.41, 5.74) is 2.32. The molecular formula is C17H25N3O5S. The summed E-state index contributed by atoms with van der Waals surface area (Å²) in [4.78, 5) is 14.2. The van der Waals surface area contributed by atoms with Gasteiger partial charge in [-0.15, -0.1) is 0 Å². The van der Waals surface area contributed by atoms with Crippen molar-refractivity contribution in [1.29, 1.82) is 0 Å². The first kappa shape index (κ1) is 18.9. The van der Waals surface area contributed by atoms with Gasteiger partial charge in [-0.1, -0.05) is 6.07 Å². The molecule has 0 bridgehead atoms. The van der Waals surface area contributed by atoms with Crippen LogP contribution < -0.4 is 10.1 Å². The normalized spacial score (nSPS) is 21.2. The summed E-state index contributed by atoms with van der Waals surface area (Å²) < 4.78 is 35.5. The molecule has 2 aliphatic heterocycles. The Morgan fingerprint density at radius 1 is 1.35 bits per heavy atom. The number of sulfonamides is 1. The van der Waals surface area contributed by atoms with Gasteiger partial charge in [-0.2, -0.15) is 4.31 Å². The van der Waals surface area contributed by atoms with Gasteiger partial charge in [0.05, 0.1) is 26.1 Å². The molecule has 9 heteroatoms. The Morgan fingerprint density at radius 3 is 2.88 bits per heavy atom. The summed E-state index contributed by atoms with van der Waals surface area (Å²) in [7, 11) is -1.60. The van der Waals surface area contributed by atoms with Crippen molar-refractivity contribution in [2.24, 2.45) is 0 Å². The smallest absolute Gasteiger partial charge is 0.317 e. The maximum Gasteiger partial charge on any atom is 0.317 e. The number of methoxy groups -OCH3 is 1. The number of ether oxygens (including phenoxy) is 2. The topological polar surface area (TPSA) is 88.2 Å². The highest BCUT2D eigenvalue weighted by Crippen LogP contribution is 2.23. The van der Waals surface area contributed by atoms with Crippen LogP contribution in [0.5, 0.6) is 5.75 Å². The van der Waals surface area contributed by atoms with Crippen molar-refractivity contribution >= 4 is 16.1 Å². The minimum atomic E-state index is -3.24. The fraction of sp³-hybridized carbons (Fsp3) is 0.588. The average Bonchev–Trinajstić information content (AvgIpc) is 2.64. The molecule has 3 rings (SSSR count). The number of nitrogens with zero attached hydrogens (tertiary/aromatic N) is 2. The van der Waals surface area contributed by atoms with E-state index in [-0.39, 0.29) is 25.2 Å². The van der Waals surface area contributed by atoms with E-state index in [0.29, 0.717) is 26.2 Å². The van der Waals surface area contributed by atoms with Gasteiger partial charge < -0.3 is 19.7 Å². The molecule has 26 heavy (non-hydrogen) atoms. The molecule has 2 aliphatic rings. The molecule has 1 fully saturated rings. The van der Waals surface area contributed by atoms with Gasteiger partial charge in [0.25, 0.3) is 0 Å². The zero-order chi connectivity index (χ0) is 18.7. The van der Waals surface area contributed by atoms with Crippen LogP contribution >= 0.6 is 0 Å². The molecule has 1 atom stereocenters. The van der Waals surface area contributed by atoms with E-state index >= 15 is 0 Å². The highest BCUT2D eigenvalue weighted by molar-refractivity contribution is 7.88. The predicted molar refractivity (Wildman–Crippen MR) is 96.7 cm³/mol. The lowest BCUT2D eigenvalue weighted by Crippen LogP contribution is -2.51. The quantitative estimate of drug-likeness (QED) is 0.814. The molecule has 1 aromatic carbocycles. The van der Waals surface area contributed by atoms with Gasteiger partial charge in [-0.25, -0.2) is 13.2 Å². The Kier molecular flexibility index (Phi) is 5.69. The summed E-state index contributed by atoms with van der Waals surface area (Å²) in [5.74, 6) is 0.825. The first-order chi connectivity index (χ1) is 12.4. The van der Waals surface area contributed by atoms with Crippen molar-refractivity contribution in [3.05, 3.63) is 29.3 Å². The van der Waals surface area contributed by atoms with Crippen LogP contribution in [0.3, 0.4) is 0 Å². The van der Waals surface area contributed by atoms with Crippen LogP contribution in [0.4, 0.5) is 4.79 Å². The second-order valence-electron chi connectivity index (χ2n) is 6.61.